The Morgan fingerprint density at radius 2 is 2.26 bits per heavy atom. The summed E-state index contributed by atoms with van der Waals surface area (Å²) in [5.41, 5.74) is 6.80. The van der Waals surface area contributed by atoms with Crippen LogP contribution in [0.4, 0.5) is 0 Å². The fourth-order valence-corrected chi connectivity index (χ4v) is 3.27. The molecule has 0 bridgehead atoms. The standard InChI is InChI=1S/C11H20N6OS/c1-16-7-9(13-15-16)8-17-5-3-11(19-2,4-6-17)10(12)14-18/h7,18H,3-6,8H2,1-2H3,(H2,12,14). The van der Waals surface area contributed by atoms with Crippen molar-refractivity contribution in [2.75, 3.05) is 19.3 Å². The molecule has 0 radical (unpaired) electrons. The molecular formula is C11H20N6OS. The lowest BCUT2D eigenvalue weighted by atomic mass is 9.94. The van der Waals surface area contributed by atoms with E-state index >= 15 is 0 Å². The molecule has 1 fully saturated rings. The average Bonchev–Trinajstić information content (AvgIpc) is 2.84. The minimum atomic E-state index is -0.229. The third-order valence-corrected chi connectivity index (χ3v) is 5.06. The number of rotatable bonds is 4. The summed E-state index contributed by atoms with van der Waals surface area (Å²) < 4.78 is 1.48. The second-order valence-corrected chi connectivity index (χ2v) is 6.03. The SMILES string of the molecule is CSC1(C(N)=NO)CCN(Cc2cn(C)nn2)CC1. The molecule has 0 aliphatic carbocycles. The van der Waals surface area contributed by atoms with Gasteiger partial charge in [0.2, 0.25) is 0 Å². The molecule has 0 unspecified atom stereocenters. The summed E-state index contributed by atoms with van der Waals surface area (Å²) in [6, 6.07) is 0. The van der Waals surface area contributed by atoms with Crippen molar-refractivity contribution in [3.8, 4) is 0 Å². The molecule has 106 valence electrons. The normalized spacial score (nSPS) is 20.6. The number of nitrogens with two attached hydrogens (primary N) is 1. The van der Waals surface area contributed by atoms with Crippen LogP contribution in [0.25, 0.3) is 0 Å². The first-order valence-corrected chi connectivity index (χ1v) is 7.43. The van der Waals surface area contributed by atoms with Crippen molar-refractivity contribution in [1.29, 1.82) is 0 Å². The van der Waals surface area contributed by atoms with Crippen molar-refractivity contribution in [2.24, 2.45) is 17.9 Å². The highest BCUT2D eigenvalue weighted by molar-refractivity contribution is 8.00. The largest absolute Gasteiger partial charge is 0.409 e. The van der Waals surface area contributed by atoms with E-state index in [1.54, 1.807) is 16.4 Å². The first-order chi connectivity index (χ1) is 9.09. The van der Waals surface area contributed by atoms with Crippen LogP contribution in [-0.4, -0.2) is 55.0 Å². The predicted molar refractivity (Wildman–Crippen MR) is 75.2 cm³/mol. The summed E-state index contributed by atoms with van der Waals surface area (Å²) in [5, 5.41) is 20.1. The van der Waals surface area contributed by atoms with Crippen LogP contribution in [0.5, 0.6) is 0 Å². The third kappa shape index (κ3) is 3.01. The van der Waals surface area contributed by atoms with Gasteiger partial charge in [-0.05, 0) is 19.1 Å². The van der Waals surface area contributed by atoms with E-state index in [9.17, 15) is 0 Å². The number of aryl methyl sites for hydroxylation is 1. The van der Waals surface area contributed by atoms with E-state index in [0.29, 0.717) is 5.84 Å². The quantitative estimate of drug-likeness (QED) is 0.356. The molecule has 1 aliphatic heterocycles. The van der Waals surface area contributed by atoms with Gasteiger partial charge in [0.15, 0.2) is 5.84 Å². The number of aromatic nitrogens is 3. The Kier molecular flexibility index (Phi) is 4.31. The summed E-state index contributed by atoms with van der Waals surface area (Å²) >= 11 is 1.66. The van der Waals surface area contributed by atoms with Gasteiger partial charge >= 0.3 is 0 Å². The van der Waals surface area contributed by atoms with Crippen molar-refractivity contribution >= 4 is 17.6 Å². The van der Waals surface area contributed by atoms with Crippen LogP contribution < -0.4 is 5.73 Å². The molecule has 1 saturated heterocycles. The minimum Gasteiger partial charge on any atom is -0.409 e. The van der Waals surface area contributed by atoms with Crippen LogP contribution in [0.1, 0.15) is 18.5 Å². The molecule has 1 aliphatic rings. The maximum atomic E-state index is 8.90. The summed E-state index contributed by atoms with van der Waals surface area (Å²) in [5.74, 6) is 0.333. The lowest BCUT2D eigenvalue weighted by Gasteiger charge is -2.39. The summed E-state index contributed by atoms with van der Waals surface area (Å²) in [6.45, 7) is 2.62. The maximum Gasteiger partial charge on any atom is 0.155 e. The van der Waals surface area contributed by atoms with Gasteiger partial charge in [0.05, 0.1) is 10.4 Å². The highest BCUT2D eigenvalue weighted by Crippen LogP contribution is 2.35. The van der Waals surface area contributed by atoms with Gasteiger partial charge in [-0.25, -0.2) is 0 Å². The maximum absolute atomic E-state index is 8.90. The molecule has 19 heavy (non-hydrogen) atoms. The van der Waals surface area contributed by atoms with E-state index in [1.807, 2.05) is 19.5 Å². The average molecular weight is 284 g/mol. The summed E-state index contributed by atoms with van der Waals surface area (Å²) in [6.07, 6.45) is 5.70. The van der Waals surface area contributed by atoms with Crippen molar-refractivity contribution in [1.82, 2.24) is 19.9 Å². The van der Waals surface area contributed by atoms with Crippen molar-refractivity contribution in [3.63, 3.8) is 0 Å². The molecule has 2 heterocycles. The Labute approximate surface area is 116 Å². The third-order valence-electron chi connectivity index (χ3n) is 3.66. The fraction of sp³-hybridized carbons (Fsp3) is 0.727. The predicted octanol–water partition coefficient (Wildman–Crippen LogP) is 0.259. The molecule has 0 atom stereocenters. The Morgan fingerprint density at radius 3 is 2.74 bits per heavy atom. The van der Waals surface area contributed by atoms with Crippen molar-refractivity contribution in [2.45, 2.75) is 24.1 Å². The number of amidine groups is 1. The first kappa shape index (κ1) is 14.1. The topological polar surface area (TPSA) is 92.6 Å². The van der Waals surface area contributed by atoms with E-state index in [1.165, 1.54) is 0 Å². The highest BCUT2D eigenvalue weighted by Gasteiger charge is 2.38. The fourth-order valence-electron chi connectivity index (χ4n) is 2.43. The molecule has 1 aromatic rings. The van der Waals surface area contributed by atoms with E-state index in [-0.39, 0.29) is 4.75 Å². The number of hydrogen-bond donors (Lipinski definition) is 2. The Morgan fingerprint density at radius 1 is 1.58 bits per heavy atom. The van der Waals surface area contributed by atoms with Gasteiger partial charge in [-0.3, -0.25) is 9.58 Å². The molecule has 2 rings (SSSR count). The number of likely N-dealkylation sites (tertiary alicyclic amines) is 1. The zero-order valence-electron chi connectivity index (χ0n) is 11.3. The van der Waals surface area contributed by atoms with Gasteiger partial charge in [0.1, 0.15) is 0 Å². The van der Waals surface area contributed by atoms with Crippen molar-refractivity contribution in [3.05, 3.63) is 11.9 Å². The zero-order chi connectivity index (χ0) is 13.9. The van der Waals surface area contributed by atoms with E-state index in [0.717, 1.165) is 38.2 Å². The number of oxime groups is 1. The highest BCUT2D eigenvalue weighted by atomic mass is 32.2. The molecule has 0 saturated carbocycles. The van der Waals surface area contributed by atoms with Gasteiger partial charge in [-0.15, -0.1) is 5.10 Å². The number of nitrogens with zero attached hydrogens (tertiary/aromatic N) is 5. The van der Waals surface area contributed by atoms with Gasteiger partial charge in [0.25, 0.3) is 0 Å². The lowest BCUT2D eigenvalue weighted by Crippen LogP contribution is -2.49. The van der Waals surface area contributed by atoms with Crippen LogP contribution in [0.15, 0.2) is 11.4 Å². The van der Waals surface area contributed by atoms with Crippen LogP contribution in [0.2, 0.25) is 0 Å². The Bertz CT molecular complexity index is 452. The smallest absolute Gasteiger partial charge is 0.155 e. The molecule has 1 aromatic heterocycles. The number of hydrogen-bond acceptors (Lipinski definition) is 6. The molecule has 8 heteroatoms. The van der Waals surface area contributed by atoms with Crippen LogP contribution in [0.3, 0.4) is 0 Å². The molecule has 0 aromatic carbocycles. The van der Waals surface area contributed by atoms with Crippen molar-refractivity contribution < 1.29 is 5.21 Å². The zero-order valence-corrected chi connectivity index (χ0v) is 12.1. The first-order valence-electron chi connectivity index (χ1n) is 6.20. The van der Waals surface area contributed by atoms with Gasteiger partial charge in [0, 0.05) is 32.9 Å². The van der Waals surface area contributed by atoms with Gasteiger partial charge < -0.3 is 10.9 Å². The van der Waals surface area contributed by atoms with E-state index in [4.69, 9.17) is 10.9 Å². The number of thioether (sulfide) groups is 1. The van der Waals surface area contributed by atoms with Gasteiger partial charge in [-0.1, -0.05) is 10.4 Å². The van der Waals surface area contributed by atoms with E-state index in [2.05, 4.69) is 20.4 Å². The second kappa shape index (κ2) is 5.79. The minimum absolute atomic E-state index is 0.229. The van der Waals surface area contributed by atoms with Crippen LogP contribution >= 0.6 is 11.8 Å². The second-order valence-electron chi connectivity index (χ2n) is 4.84. The lowest BCUT2D eigenvalue weighted by molar-refractivity contribution is 0.207. The molecule has 0 amide bonds. The molecule has 7 nitrogen and oxygen atoms in total. The number of piperidine rings is 1. The Hall–Kier alpha value is -1.28. The van der Waals surface area contributed by atoms with Crippen LogP contribution in [0, 0.1) is 0 Å². The monoisotopic (exact) mass is 284 g/mol. The molecule has 3 N–H and O–H groups in total. The van der Waals surface area contributed by atoms with Gasteiger partial charge in [-0.2, -0.15) is 11.8 Å². The molecule has 0 spiro atoms. The molecular weight excluding hydrogens is 264 g/mol. The summed E-state index contributed by atoms with van der Waals surface area (Å²) in [7, 11) is 1.86. The van der Waals surface area contributed by atoms with Crippen LogP contribution in [-0.2, 0) is 13.6 Å². The van der Waals surface area contributed by atoms with E-state index < -0.39 is 0 Å². The Balaban J connectivity index is 1.95. The summed E-state index contributed by atoms with van der Waals surface area (Å²) in [4.78, 5) is 2.32.